The molecular weight excluding hydrogens is 393 g/mol. The number of nitrogens with one attached hydrogen (secondary N) is 1. The van der Waals surface area contributed by atoms with Crippen LogP contribution >= 0.6 is 35.0 Å². The van der Waals surface area contributed by atoms with Crippen molar-refractivity contribution in [2.75, 3.05) is 13.1 Å². The largest absolute Gasteiger partial charge is 0.425 e. The van der Waals surface area contributed by atoms with Crippen LogP contribution in [0, 0.1) is 5.92 Å². The molecule has 2 unspecified atom stereocenters. The molecule has 5 rings (SSSR count). The van der Waals surface area contributed by atoms with Crippen molar-refractivity contribution in [1.82, 2.24) is 15.2 Å². The standard InChI is InChI=1S/C18H19Cl2N3O2S/c1-10-16(11-2-4-23(10)5-3-11)22-17(24)18-21-9-15(25-18)26-14-7-12(19)6-13(20)8-14/h6-11,16H,2-5H2,1H3,(H,22,24). The number of aromatic nitrogens is 1. The molecule has 8 heteroatoms. The first kappa shape index (κ1) is 18.2. The summed E-state index contributed by atoms with van der Waals surface area (Å²) in [6.07, 6.45) is 3.82. The SMILES string of the molecule is CC1C(NC(=O)c2ncc(Sc3cc(Cl)cc(Cl)c3)o2)C2CCN1CC2. The molecule has 138 valence electrons. The average Bonchev–Trinajstić information content (AvgIpc) is 3.06. The molecular formula is C18H19Cl2N3O2S. The summed E-state index contributed by atoms with van der Waals surface area (Å²) in [7, 11) is 0. The average molecular weight is 412 g/mol. The van der Waals surface area contributed by atoms with Gasteiger partial charge in [0.15, 0.2) is 5.09 Å². The van der Waals surface area contributed by atoms with Crippen molar-refractivity contribution in [3.8, 4) is 0 Å². The van der Waals surface area contributed by atoms with Gasteiger partial charge in [-0.05, 0) is 57.0 Å². The van der Waals surface area contributed by atoms with E-state index in [1.807, 2.05) is 0 Å². The van der Waals surface area contributed by atoms with Crippen LogP contribution in [0.25, 0.3) is 0 Å². The monoisotopic (exact) mass is 411 g/mol. The lowest BCUT2D eigenvalue weighted by Crippen LogP contribution is -2.62. The number of hydrogen-bond acceptors (Lipinski definition) is 5. The highest BCUT2D eigenvalue weighted by Gasteiger charge is 2.40. The molecule has 0 radical (unpaired) electrons. The van der Waals surface area contributed by atoms with Gasteiger partial charge in [-0.25, -0.2) is 4.98 Å². The predicted molar refractivity (Wildman–Crippen MR) is 102 cm³/mol. The summed E-state index contributed by atoms with van der Waals surface area (Å²) in [4.78, 5) is 20.0. The lowest BCUT2D eigenvalue weighted by molar-refractivity contribution is 0.0209. The van der Waals surface area contributed by atoms with E-state index < -0.39 is 0 Å². The molecule has 0 aliphatic carbocycles. The Hall–Kier alpha value is -1.21. The van der Waals surface area contributed by atoms with Crippen molar-refractivity contribution in [3.05, 3.63) is 40.3 Å². The van der Waals surface area contributed by atoms with Crippen molar-refractivity contribution in [3.63, 3.8) is 0 Å². The summed E-state index contributed by atoms with van der Waals surface area (Å²) in [6, 6.07) is 5.75. The summed E-state index contributed by atoms with van der Waals surface area (Å²) in [5, 5.41) is 4.75. The normalized spacial score (nSPS) is 27.5. The Labute approximate surface area is 166 Å². The summed E-state index contributed by atoms with van der Waals surface area (Å²) in [5.41, 5.74) is 0. The van der Waals surface area contributed by atoms with Gasteiger partial charge in [-0.3, -0.25) is 9.69 Å². The van der Waals surface area contributed by atoms with E-state index in [1.165, 1.54) is 11.8 Å². The van der Waals surface area contributed by atoms with Gasteiger partial charge >= 0.3 is 5.91 Å². The number of benzene rings is 1. The van der Waals surface area contributed by atoms with E-state index in [-0.39, 0.29) is 17.8 Å². The van der Waals surface area contributed by atoms with E-state index >= 15 is 0 Å². The van der Waals surface area contributed by atoms with Crippen molar-refractivity contribution in [2.24, 2.45) is 5.92 Å². The Morgan fingerprint density at radius 1 is 1.27 bits per heavy atom. The van der Waals surface area contributed by atoms with Crippen molar-refractivity contribution in [1.29, 1.82) is 0 Å². The predicted octanol–water partition coefficient (Wildman–Crippen LogP) is 4.35. The fraction of sp³-hybridized carbons (Fsp3) is 0.444. The Morgan fingerprint density at radius 2 is 1.96 bits per heavy atom. The van der Waals surface area contributed by atoms with E-state index in [0.29, 0.717) is 27.1 Å². The van der Waals surface area contributed by atoms with Crippen LogP contribution in [0.5, 0.6) is 0 Å². The van der Waals surface area contributed by atoms with Gasteiger partial charge in [0.25, 0.3) is 5.89 Å². The van der Waals surface area contributed by atoms with Gasteiger partial charge in [-0.2, -0.15) is 0 Å². The number of halogens is 2. The Bertz CT molecular complexity index is 798. The fourth-order valence-corrected chi connectivity index (χ4v) is 5.36. The van der Waals surface area contributed by atoms with Gasteiger partial charge in [0.2, 0.25) is 0 Å². The highest BCUT2D eigenvalue weighted by atomic mass is 35.5. The van der Waals surface area contributed by atoms with Crippen molar-refractivity contribution < 1.29 is 9.21 Å². The Morgan fingerprint density at radius 3 is 2.62 bits per heavy atom. The summed E-state index contributed by atoms with van der Waals surface area (Å²) in [6.45, 7) is 4.43. The molecule has 5 nitrogen and oxygen atoms in total. The van der Waals surface area contributed by atoms with Crippen LogP contribution in [0.3, 0.4) is 0 Å². The van der Waals surface area contributed by atoms with Gasteiger partial charge in [0, 0.05) is 27.0 Å². The molecule has 0 saturated carbocycles. The summed E-state index contributed by atoms with van der Waals surface area (Å²) in [5.74, 6) is 0.368. The third-order valence-corrected chi connectivity index (χ3v) is 6.51. The number of hydrogen-bond donors (Lipinski definition) is 1. The van der Waals surface area contributed by atoms with Crippen LogP contribution in [0.15, 0.2) is 38.8 Å². The van der Waals surface area contributed by atoms with Crippen LogP contribution in [0.2, 0.25) is 10.0 Å². The first-order valence-electron chi connectivity index (χ1n) is 8.64. The molecule has 4 heterocycles. The zero-order valence-electron chi connectivity index (χ0n) is 14.2. The van der Waals surface area contributed by atoms with Crippen LogP contribution in [0.1, 0.15) is 30.5 Å². The number of oxazole rings is 1. The van der Waals surface area contributed by atoms with E-state index in [0.717, 1.165) is 30.8 Å². The second kappa shape index (κ2) is 7.43. The number of piperidine rings is 3. The molecule has 3 fully saturated rings. The first-order valence-corrected chi connectivity index (χ1v) is 10.2. The number of carbonyl (C=O) groups excluding carboxylic acids is 1. The molecule has 2 bridgehead atoms. The molecule has 3 aliphatic rings. The second-order valence-electron chi connectivity index (χ2n) is 6.80. The van der Waals surface area contributed by atoms with Crippen LogP contribution in [0.4, 0.5) is 0 Å². The topological polar surface area (TPSA) is 58.4 Å². The molecule has 1 aromatic heterocycles. The van der Waals surface area contributed by atoms with Crippen molar-refractivity contribution >= 4 is 40.9 Å². The van der Waals surface area contributed by atoms with Crippen LogP contribution in [-0.2, 0) is 0 Å². The Balaban J connectivity index is 1.43. The van der Waals surface area contributed by atoms with Crippen LogP contribution < -0.4 is 5.32 Å². The smallest absolute Gasteiger partial charge is 0.307 e. The van der Waals surface area contributed by atoms with E-state index in [1.54, 1.807) is 24.4 Å². The lowest BCUT2D eigenvalue weighted by atomic mass is 9.79. The zero-order valence-corrected chi connectivity index (χ0v) is 16.6. The minimum atomic E-state index is -0.258. The highest BCUT2D eigenvalue weighted by Crippen LogP contribution is 2.34. The molecule has 2 atom stereocenters. The number of nitrogens with zero attached hydrogens (tertiary/aromatic N) is 2. The molecule has 3 saturated heterocycles. The van der Waals surface area contributed by atoms with Gasteiger partial charge in [-0.1, -0.05) is 35.0 Å². The maximum absolute atomic E-state index is 12.6. The third-order valence-electron chi connectivity index (χ3n) is 5.21. The van der Waals surface area contributed by atoms with Gasteiger partial charge < -0.3 is 9.73 Å². The summed E-state index contributed by atoms with van der Waals surface area (Å²) >= 11 is 13.4. The van der Waals surface area contributed by atoms with Gasteiger partial charge in [0.05, 0.1) is 6.20 Å². The molecule has 3 aliphatic heterocycles. The summed E-state index contributed by atoms with van der Waals surface area (Å²) < 4.78 is 5.63. The molecule has 1 amide bonds. The Kier molecular flexibility index (Phi) is 5.19. The fourth-order valence-electron chi connectivity index (χ4n) is 3.87. The van der Waals surface area contributed by atoms with Gasteiger partial charge in [-0.15, -0.1) is 0 Å². The molecule has 1 aromatic carbocycles. The van der Waals surface area contributed by atoms with Crippen molar-refractivity contribution in [2.45, 2.75) is 41.8 Å². The molecule has 0 spiro atoms. The molecule has 26 heavy (non-hydrogen) atoms. The minimum Gasteiger partial charge on any atom is -0.425 e. The van der Waals surface area contributed by atoms with Crippen LogP contribution in [-0.4, -0.2) is 41.0 Å². The second-order valence-corrected chi connectivity index (χ2v) is 8.76. The minimum absolute atomic E-state index is 0.0873. The number of carbonyl (C=O) groups is 1. The lowest BCUT2D eigenvalue weighted by Gasteiger charge is -2.49. The maximum atomic E-state index is 12.6. The van der Waals surface area contributed by atoms with Gasteiger partial charge in [0.1, 0.15) is 0 Å². The number of amides is 1. The van der Waals surface area contributed by atoms with E-state index in [9.17, 15) is 4.79 Å². The third kappa shape index (κ3) is 3.74. The zero-order chi connectivity index (χ0) is 18.3. The van der Waals surface area contributed by atoms with E-state index in [4.69, 9.17) is 27.6 Å². The quantitative estimate of drug-likeness (QED) is 0.810. The number of rotatable bonds is 4. The number of fused-ring (bicyclic) bond motifs is 3. The maximum Gasteiger partial charge on any atom is 0.307 e. The molecule has 2 aromatic rings. The molecule has 1 N–H and O–H groups in total. The highest BCUT2D eigenvalue weighted by molar-refractivity contribution is 7.99. The first-order chi connectivity index (χ1) is 12.5. The van der Waals surface area contributed by atoms with E-state index in [2.05, 4.69) is 22.1 Å².